The van der Waals surface area contributed by atoms with Gasteiger partial charge in [0.15, 0.2) is 0 Å². The van der Waals surface area contributed by atoms with Crippen molar-refractivity contribution in [3.63, 3.8) is 0 Å². The Morgan fingerprint density at radius 2 is 1.70 bits per heavy atom. The van der Waals surface area contributed by atoms with Crippen LogP contribution in [0.2, 0.25) is 0 Å². The number of nitrogens with zero attached hydrogens (tertiary/aromatic N) is 1. The normalized spacial score (nSPS) is 10.3. The van der Waals surface area contributed by atoms with Crippen molar-refractivity contribution in [2.24, 2.45) is 0 Å². The molecule has 23 heavy (non-hydrogen) atoms. The maximum Gasteiger partial charge on any atom is 0.308 e. The average molecular weight is 325 g/mol. The van der Waals surface area contributed by atoms with Gasteiger partial charge in [0.1, 0.15) is 16.5 Å². The lowest BCUT2D eigenvalue weighted by Gasteiger charge is -2.01. The van der Waals surface area contributed by atoms with Crippen molar-refractivity contribution >= 4 is 17.3 Å². The SMILES string of the molecule is COc1ccc(-c2nc(-c3ccccc3)c(OC(C)=O)s2)cc1. The molecule has 3 aromatic rings. The summed E-state index contributed by atoms with van der Waals surface area (Å²) < 4.78 is 10.5. The molecule has 116 valence electrons. The molecular formula is C18H15NO3S. The minimum absolute atomic E-state index is 0.355. The lowest BCUT2D eigenvalue weighted by Crippen LogP contribution is -2.00. The van der Waals surface area contributed by atoms with Crippen molar-refractivity contribution in [1.29, 1.82) is 0 Å². The number of carbonyl (C=O) groups is 1. The summed E-state index contributed by atoms with van der Waals surface area (Å²) in [7, 11) is 1.63. The van der Waals surface area contributed by atoms with Crippen LogP contribution in [-0.2, 0) is 4.79 Å². The van der Waals surface area contributed by atoms with E-state index in [-0.39, 0.29) is 5.97 Å². The Balaban J connectivity index is 2.05. The van der Waals surface area contributed by atoms with Crippen molar-refractivity contribution in [3.05, 3.63) is 54.6 Å². The van der Waals surface area contributed by atoms with Crippen molar-refractivity contribution in [2.75, 3.05) is 7.11 Å². The third-order valence-corrected chi connectivity index (χ3v) is 4.20. The topological polar surface area (TPSA) is 48.4 Å². The largest absolute Gasteiger partial charge is 0.497 e. The van der Waals surface area contributed by atoms with Gasteiger partial charge >= 0.3 is 5.97 Å². The lowest BCUT2D eigenvalue weighted by atomic mass is 10.1. The fourth-order valence-corrected chi connectivity index (χ4v) is 3.13. The number of benzene rings is 2. The summed E-state index contributed by atoms with van der Waals surface area (Å²) >= 11 is 1.35. The van der Waals surface area contributed by atoms with Gasteiger partial charge in [0.25, 0.3) is 0 Å². The number of hydrogen-bond donors (Lipinski definition) is 0. The van der Waals surface area contributed by atoms with E-state index in [0.29, 0.717) is 10.8 Å². The molecule has 0 atom stereocenters. The summed E-state index contributed by atoms with van der Waals surface area (Å²) in [4.78, 5) is 16.0. The summed E-state index contributed by atoms with van der Waals surface area (Å²) in [5, 5.41) is 1.30. The van der Waals surface area contributed by atoms with Gasteiger partial charge in [-0.05, 0) is 24.3 Å². The molecule has 1 heterocycles. The lowest BCUT2D eigenvalue weighted by molar-refractivity contribution is -0.131. The number of thiazole rings is 1. The molecule has 4 nitrogen and oxygen atoms in total. The first-order valence-corrected chi connectivity index (χ1v) is 7.88. The Hall–Kier alpha value is -2.66. The highest BCUT2D eigenvalue weighted by Crippen LogP contribution is 2.40. The Morgan fingerprint density at radius 3 is 2.30 bits per heavy atom. The molecule has 0 radical (unpaired) electrons. The predicted octanol–water partition coefficient (Wildman–Crippen LogP) is 4.41. The Kier molecular flexibility index (Phi) is 4.39. The summed E-state index contributed by atoms with van der Waals surface area (Å²) in [5.74, 6) is 0.431. The third-order valence-electron chi connectivity index (χ3n) is 3.22. The summed E-state index contributed by atoms with van der Waals surface area (Å²) in [5.41, 5.74) is 2.54. The number of rotatable bonds is 4. The smallest absolute Gasteiger partial charge is 0.308 e. The molecule has 0 N–H and O–H groups in total. The first kappa shape index (κ1) is 15.2. The van der Waals surface area contributed by atoms with Gasteiger partial charge in [-0.1, -0.05) is 41.7 Å². The molecule has 0 saturated carbocycles. The van der Waals surface area contributed by atoms with E-state index in [4.69, 9.17) is 9.47 Å². The van der Waals surface area contributed by atoms with Crippen LogP contribution < -0.4 is 9.47 Å². The molecule has 5 heteroatoms. The summed E-state index contributed by atoms with van der Waals surface area (Å²) in [6, 6.07) is 17.3. The summed E-state index contributed by atoms with van der Waals surface area (Å²) in [6.07, 6.45) is 0. The molecule has 0 bridgehead atoms. The highest BCUT2D eigenvalue weighted by Gasteiger charge is 2.17. The zero-order chi connectivity index (χ0) is 16.2. The standard InChI is InChI=1S/C18H15NO3S/c1-12(20)22-18-16(13-6-4-3-5-7-13)19-17(23-18)14-8-10-15(21-2)11-9-14/h3-11H,1-2H3. The fraction of sp³-hybridized carbons (Fsp3) is 0.111. The number of methoxy groups -OCH3 is 1. The molecule has 0 amide bonds. The average Bonchev–Trinajstić information content (AvgIpc) is 2.99. The van der Waals surface area contributed by atoms with E-state index in [0.717, 1.165) is 21.9 Å². The van der Waals surface area contributed by atoms with Crippen molar-refractivity contribution in [2.45, 2.75) is 6.92 Å². The molecule has 0 fully saturated rings. The van der Waals surface area contributed by atoms with Crippen molar-refractivity contribution in [3.8, 4) is 32.6 Å². The van der Waals surface area contributed by atoms with Gasteiger partial charge in [-0.3, -0.25) is 4.79 Å². The van der Waals surface area contributed by atoms with Gasteiger partial charge in [-0.25, -0.2) is 4.98 Å². The number of aromatic nitrogens is 1. The van der Waals surface area contributed by atoms with E-state index in [1.165, 1.54) is 18.3 Å². The predicted molar refractivity (Wildman–Crippen MR) is 90.8 cm³/mol. The van der Waals surface area contributed by atoms with E-state index in [1.807, 2.05) is 54.6 Å². The van der Waals surface area contributed by atoms with Crippen LogP contribution in [0.15, 0.2) is 54.6 Å². The maximum atomic E-state index is 11.4. The molecule has 2 aromatic carbocycles. The van der Waals surface area contributed by atoms with Crippen LogP contribution in [-0.4, -0.2) is 18.1 Å². The van der Waals surface area contributed by atoms with Crippen LogP contribution in [0.3, 0.4) is 0 Å². The fourth-order valence-electron chi connectivity index (χ4n) is 2.14. The Labute approximate surface area is 138 Å². The molecule has 0 spiro atoms. The maximum absolute atomic E-state index is 11.4. The molecule has 0 saturated heterocycles. The molecular weight excluding hydrogens is 310 g/mol. The second kappa shape index (κ2) is 6.62. The van der Waals surface area contributed by atoms with E-state index >= 15 is 0 Å². The number of ether oxygens (including phenoxy) is 2. The molecule has 0 aliphatic rings. The molecule has 0 aliphatic carbocycles. The monoisotopic (exact) mass is 325 g/mol. The second-order valence-electron chi connectivity index (χ2n) is 4.84. The molecule has 3 rings (SSSR count). The minimum atomic E-state index is -0.355. The van der Waals surface area contributed by atoms with Crippen molar-refractivity contribution < 1.29 is 14.3 Å². The third kappa shape index (κ3) is 3.40. The summed E-state index contributed by atoms with van der Waals surface area (Å²) in [6.45, 7) is 1.39. The van der Waals surface area contributed by atoms with Crippen LogP contribution in [0, 0.1) is 0 Å². The quantitative estimate of drug-likeness (QED) is 0.667. The minimum Gasteiger partial charge on any atom is -0.497 e. The van der Waals surface area contributed by atoms with Gasteiger partial charge in [-0.2, -0.15) is 0 Å². The highest BCUT2D eigenvalue weighted by atomic mass is 32.1. The van der Waals surface area contributed by atoms with E-state index in [9.17, 15) is 4.79 Å². The van der Waals surface area contributed by atoms with Gasteiger partial charge in [0, 0.05) is 18.1 Å². The van der Waals surface area contributed by atoms with Gasteiger partial charge in [0.05, 0.1) is 7.11 Å². The van der Waals surface area contributed by atoms with E-state index in [2.05, 4.69) is 4.98 Å². The van der Waals surface area contributed by atoms with Gasteiger partial charge in [0.2, 0.25) is 5.06 Å². The van der Waals surface area contributed by atoms with Crippen LogP contribution in [0.4, 0.5) is 0 Å². The van der Waals surface area contributed by atoms with Crippen LogP contribution in [0.5, 0.6) is 10.8 Å². The molecule has 1 aromatic heterocycles. The Bertz CT molecular complexity index is 810. The highest BCUT2D eigenvalue weighted by molar-refractivity contribution is 7.17. The number of esters is 1. The number of hydrogen-bond acceptors (Lipinski definition) is 5. The first-order chi connectivity index (χ1) is 11.2. The zero-order valence-electron chi connectivity index (χ0n) is 12.8. The molecule has 0 unspecified atom stereocenters. The van der Waals surface area contributed by atoms with Crippen LogP contribution >= 0.6 is 11.3 Å². The second-order valence-corrected chi connectivity index (χ2v) is 5.80. The van der Waals surface area contributed by atoms with Gasteiger partial charge in [-0.15, -0.1) is 0 Å². The van der Waals surface area contributed by atoms with Crippen LogP contribution in [0.1, 0.15) is 6.92 Å². The Morgan fingerprint density at radius 1 is 1.00 bits per heavy atom. The molecule has 0 aliphatic heterocycles. The zero-order valence-corrected chi connectivity index (χ0v) is 13.6. The first-order valence-electron chi connectivity index (χ1n) is 7.06. The van der Waals surface area contributed by atoms with E-state index in [1.54, 1.807) is 7.11 Å². The van der Waals surface area contributed by atoms with Crippen molar-refractivity contribution in [1.82, 2.24) is 4.98 Å². The van der Waals surface area contributed by atoms with Crippen LogP contribution in [0.25, 0.3) is 21.8 Å². The number of carbonyl (C=O) groups excluding carboxylic acids is 1. The van der Waals surface area contributed by atoms with Gasteiger partial charge < -0.3 is 9.47 Å². The van der Waals surface area contributed by atoms with E-state index < -0.39 is 0 Å².